The van der Waals surface area contributed by atoms with Crippen molar-refractivity contribution in [1.29, 1.82) is 0 Å². The zero-order valence-corrected chi connectivity index (χ0v) is 12.1. The summed E-state index contributed by atoms with van der Waals surface area (Å²) in [6, 6.07) is 0.590. The lowest BCUT2D eigenvalue weighted by atomic mass is 9.79. The van der Waals surface area contributed by atoms with E-state index in [1.165, 1.54) is 57.8 Å². The molecule has 2 N–H and O–H groups in total. The van der Waals surface area contributed by atoms with E-state index in [1.807, 2.05) is 7.11 Å². The Bertz CT molecular complexity index is 239. The van der Waals surface area contributed by atoms with Crippen molar-refractivity contribution >= 4 is 0 Å². The van der Waals surface area contributed by atoms with Gasteiger partial charge in [0.15, 0.2) is 0 Å². The van der Waals surface area contributed by atoms with Gasteiger partial charge in [-0.05, 0) is 52.1 Å². The molecule has 2 unspecified atom stereocenters. The molecule has 2 rings (SSSR count). The monoisotopic (exact) mass is 254 g/mol. The van der Waals surface area contributed by atoms with E-state index in [1.54, 1.807) is 0 Å². The molecule has 106 valence electrons. The maximum Gasteiger partial charge on any atom is 0.0724 e. The topological polar surface area (TPSA) is 33.3 Å². The van der Waals surface area contributed by atoms with Gasteiger partial charge in [-0.15, -0.1) is 0 Å². The standard InChI is InChI=1S/C15H30N2O/c1-16-15(9-4-3-5-10-15)11-12-17-13-7-6-8-14(13)18-2/h13-14,16-17H,3-12H2,1-2H3. The van der Waals surface area contributed by atoms with Gasteiger partial charge in [0.05, 0.1) is 6.10 Å². The summed E-state index contributed by atoms with van der Waals surface area (Å²) in [6.45, 7) is 1.13. The van der Waals surface area contributed by atoms with Gasteiger partial charge in [0, 0.05) is 18.7 Å². The largest absolute Gasteiger partial charge is 0.380 e. The van der Waals surface area contributed by atoms with Crippen LogP contribution in [-0.4, -0.2) is 38.4 Å². The van der Waals surface area contributed by atoms with Crippen molar-refractivity contribution in [3.8, 4) is 0 Å². The van der Waals surface area contributed by atoms with Crippen molar-refractivity contribution in [3.63, 3.8) is 0 Å². The van der Waals surface area contributed by atoms with Crippen LogP contribution >= 0.6 is 0 Å². The van der Waals surface area contributed by atoms with E-state index >= 15 is 0 Å². The molecular weight excluding hydrogens is 224 g/mol. The van der Waals surface area contributed by atoms with Gasteiger partial charge >= 0.3 is 0 Å². The normalized spacial score (nSPS) is 31.7. The van der Waals surface area contributed by atoms with Gasteiger partial charge in [0.1, 0.15) is 0 Å². The van der Waals surface area contributed by atoms with Crippen LogP contribution in [0.1, 0.15) is 57.8 Å². The van der Waals surface area contributed by atoms with Crippen molar-refractivity contribution < 1.29 is 4.74 Å². The van der Waals surface area contributed by atoms with Gasteiger partial charge in [-0.3, -0.25) is 0 Å². The fourth-order valence-electron chi connectivity index (χ4n) is 3.79. The van der Waals surface area contributed by atoms with Crippen LogP contribution in [0.25, 0.3) is 0 Å². The molecule has 2 atom stereocenters. The predicted molar refractivity (Wildman–Crippen MR) is 75.9 cm³/mol. The van der Waals surface area contributed by atoms with Crippen LogP contribution < -0.4 is 10.6 Å². The van der Waals surface area contributed by atoms with Gasteiger partial charge in [-0.1, -0.05) is 19.3 Å². The molecule has 0 bridgehead atoms. The zero-order valence-electron chi connectivity index (χ0n) is 12.1. The highest BCUT2D eigenvalue weighted by Gasteiger charge is 2.31. The Morgan fingerprint density at radius 2 is 1.89 bits per heavy atom. The number of nitrogens with one attached hydrogen (secondary N) is 2. The van der Waals surface area contributed by atoms with Crippen LogP contribution in [0.2, 0.25) is 0 Å². The number of rotatable bonds is 6. The Kier molecular flexibility index (Phi) is 5.46. The maximum absolute atomic E-state index is 5.54. The highest BCUT2D eigenvalue weighted by molar-refractivity contribution is 4.91. The number of ether oxygens (including phenoxy) is 1. The average Bonchev–Trinajstić information content (AvgIpc) is 2.87. The molecule has 0 radical (unpaired) electrons. The molecule has 0 aromatic rings. The molecule has 0 saturated heterocycles. The summed E-state index contributed by atoms with van der Waals surface area (Å²) in [5.41, 5.74) is 0.409. The SMILES string of the molecule is CNC1(CCNC2CCCC2OC)CCCCC1. The first-order valence-corrected chi connectivity index (χ1v) is 7.75. The average molecular weight is 254 g/mol. The lowest BCUT2D eigenvalue weighted by molar-refractivity contribution is 0.0837. The van der Waals surface area contributed by atoms with Crippen molar-refractivity contribution in [1.82, 2.24) is 10.6 Å². The third kappa shape index (κ3) is 3.46. The first-order chi connectivity index (χ1) is 8.79. The highest BCUT2D eigenvalue weighted by atomic mass is 16.5. The number of methoxy groups -OCH3 is 1. The first kappa shape index (κ1) is 14.3. The summed E-state index contributed by atoms with van der Waals surface area (Å²) in [4.78, 5) is 0. The summed E-state index contributed by atoms with van der Waals surface area (Å²) in [7, 11) is 3.99. The summed E-state index contributed by atoms with van der Waals surface area (Å²) in [6.07, 6.45) is 12.4. The minimum Gasteiger partial charge on any atom is -0.380 e. The minimum atomic E-state index is 0.409. The molecule has 0 spiro atoms. The second-order valence-corrected chi connectivity index (χ2v) is 6.11. The van der Waals surface area contributed by atoms with Crippen LogP contribution in [0.15, 0.2) is 0 Å². The Morgan fingerprint density at radius 3 is 2.56 bits per heavy atom. The molecule has 2 aliphatic rings. The van der Waals surface area contributed by atoms with Crippen LogP contribution in [0.3, 0.4) is 0 Å². The summed E-state index contributed by atoms with van der Waals surface area (Å²) >= 11 is 0. The molecule has 0 aliphatic heterocycles. The Balaban J connectivity index is 1.73. The van der Waals surface area contributed by atoms with Crippen molar-refractivity contribution in [3.05, 3.63) is 0 Å². The van der Waals surface area contributed by atoms with Gasteiger partial charge in [0.2, 0.25) is 0 Å². The van der Waals surface area contributed by atoms with Crippen molar-refractivity contribution in [2.45, 2.75) is 75.5 Å². The fraction of sp³-hybridized carbons (Fsp3) is 1.00. The van der Waals surface area contributed by atoms with E-state index in [0.717, 1.165) is 6.54 Å². The van der Waals surface area contributed by atoms with Crippen LogP contribution in [-0.2, 0) is 4.74 Å². The Hall–Kier alpha value is -0.120. The molecule has 0 aromatic carbocycles. The molecule has 3 nitrogen and oxygen atoms in total. The molecule has 3 heteroatoms. The van der Waals surface area contributed by atoms with Gasteiger partial charge in [-0.25, -0.2) is 0 Å². The van der Waals surface area contributed by atoms with E-state index in [2.05, 4.69) is 17.7 Å². The Morgan fingerprint density at radius 1 is 1.11 bits per heavy atom. The molecule has 2 saturated carbocycles. The van der Waals surface area contributed by atoms with Gasteiger partial charge in [-0.2, -0.15) is 0 Å². The zero-order chi connectivity index (χ0) is 12.8. The van der Waals surface area contributed by atoms with E-state index < -0.39 is 0 Å². The summed E-state index contributed by atoms with van der Waals surface area (Å²) in [5, 5.41) is 7.32. The quantitative estimate of drug-likeness (QED) is 0.764. The van der Waals surface area contributed by atoms with Crippen LogP contribution in [0.4, 0.5) is 0 Å². The lowest BCUT2D eigenvalue weighted by Crippen LogP contribution is -2.48. The lowest BCUT2D eigenvalue weighted by Gasteiger charge is -2.38. The second-order valence-electron chi connectivity index (χ2n) is 6.11. The van der Waals surface area contributed by atoms with E-state index in [-0.39, 0.29) is 0 Å². The molecule has 18 heavy (non-hydrogen) atoms. The van der Waals surface area contributed by atoms with Crippen LogP contribution in [0, 0.1) is 0 Å². The van der Waals surface area contributed by atoms with Gasteiger partial charge < -0.3 is 15.4 Å². The molecule has 0 amide bonds. The molecular formula is C15H30N2O. The fourth-order valence-corrected chi connectivity index (χ4v) is 3.79. The predicted octanol–water partition coefficient (Wildman–Crippen LogP) is 2.46. The number of hydrogen-bond acceptors (Lipinski definition) is 3. The van der Waals surface area contributed by atoms with Crippen molar-refractivity contribution in [2.24, 2.45) is 0 Å². The summed E-state index contributed by atoms with van der Waals surface area (Å²) < 4.78 is 5.54. The molecule has 0 aromatic heterocycles. The smallest absolute Gasteiger partial charge is 0.0724 e. The van der Waals surface area contributed by atoms with Gasteiger partial charge in [0.25, 0.3) is 0 Å². The molecule has 0 heterocycles. The van der Waals surface area contributed by atoms with Crippen molar-refractivity contribution in [2.75, 3.05) is 20.7 Å². The maximum atomic E-state index is 5.54. The number of hydrogen-bond donors (Lipinski definition) is 2. The van der Waals surface area contributed by atoms with Crippen LogP contribution in [0.5, 0.6) is 0 Å². The minimum absolute atomic E-state index is 0.409. The first-order valence-electron chi connectivity index (χ1n) is 7.75. The third-order valence-corrected chi connectivity index (χ3v) is 5.11. The van der Waals surface area contributed by atoms with E-state index in [4.69, 9.17) is 4.74 Å². The third-order valence-electron chi connectivity index (χ3n) is 5.11. The highest BCUT2D eigenvalue weighted by Crippen LogP contribution is 2.30. The van der Waals surface area contributed by atoms with E-state index in [0.29, 0.717) is 17.7 Å². The second kappa shape index (κ2) is 6.88. The Labute approximate surface area is 112 Å². The summed E-state index contributed by atoms with van der Waals surface area (Å²) in [5.74, 6) is 0. The van der Waals surface area contributed by atoms with E-state index in [9.17, 15) is 0 Å². The molecule has 2 fully saturated rings. The molecule has 2 aliphatic carbocycles.